The second-order valence-electron chi connectivity index (χ2n) is 5.46. The molecule has 2 rings (SSSR count). The largest absolute Gasteiger partial charge is 0.480 e. The first-order valence-electron chi connectivity index (χ1n) is 7.02. The fraction of sp³-hybridized carbons (Fsp3) is 0.438. The Hall–Kier alpha value is -1.75. The second-order valence-corrected chi connectivity index (χ2v) is 5.88. The lowest BCUT2D eigenvalue weighted by molar-refractivity contribution is -0.142. The Kier molecular flexibility index (Phi) is 4.73. The summed E-state index contributed by atoms with van der Waals surface area (Å²) in [6, 6.07) is 7.24. The summed E-state index contributed by atoms with van der Waals surface area (Å²) in [5, 5.41) is 9.50. The van der Waals surface area contributed by atoms with Crippen molar-refractivity contribution in [1.29, 1.82) is 0 Å². The van der Waals surface area contributed by atoms with E-state index in [-0.39, 0.29) is 5.78 Å². The number of fused-ring (bicyclic) bond motifs is 1. The van der Waals surface area contributed by atoms with E-state index in [9.17, 15) is 14.7 Å². The molecule has 112 valence electrons. The minimum absolute atomic E-state index is 0.0401. The molecular weight excluding hydrogens is 286 g/mol. The van der Waals surface area contributed by atoms with Gasteiger partial charge in [0.05, 0.1) is 10.9 Å². The number of carboxylic acids is 1. The number of carboxylic acid groups (broad SMARTS) is 1. The van der Waals surface area contributed by atoms with Crippen molar-refractivity contribution in [3.05, 3.63) is 35.4 Å². The molecule has 2 atom stereocenters. The molecule has 0 saturated heterocycles. The van der Waals surface area contributed by atoms with Crippen LogP contribution in [0.2, 0.25) is 0 Å². The summed E-state index contributed by atoms with van der Waals surface area (Å²) in [4.78, 5) is 25.3. The van der Waals surface area contributed by atoms with Crippen LogP contribution in [-0.2, 0) is 22.6 Å². The summed E-state index contributed by atoms with van der Waals surface area (Å²) in [5.41, 5.74) is 2.24. The van der Waals surface area contributed by atoms with Crippen LogP contribution in [0, 0.1) is 5.92 Å². The highest BCUT2D eigenvalue weighted by molar-refractivity contribution is 7.80. The van der Waals surface area contributed by atoms with Gasteiger partial charge in [0.15, 0.2) is 0 Å². The minimum Gasteiger partial charge on any atom is -0.480 e. The maximum absolute atomic E-state index is 11.6. The number of ketones is 1. The Morgan fingerprint density at radius 1 is 1.33 bits per heavy atom. The molecule has 0 saturated carbocycles. The Morgan fingerprint density at radius 2 is 1.95 bits per heavy atom. The fourth-order valence-corrected chi connectivity index (χ4v) is 2.97. The third-order valence-corrected chi connectivity index (χ3v) is 4.66. The van der Waals surface area contributed by atoms with Gasteiger partial charge in [-0.3, -0.25) is 4.79 Å². The highest BCUT2D eigenvalue weighted by Gasteiger charge is 2.33. The van der Waals surface area contributed by atoms with Crippen molar-refractivity contribution >= 4 is 29.0 Å². The summed E-state index contributed by atoms with van der Waals surface area (Å²) in [6.45, 7) is 3.67. The lowest BCUT2D eigenvalue weighted by Gasteiger charge is -2.31. The summed E-state index contributed by atoms with van der Waals surface area (Å²) in [5.74, 6) is -1.37. The van der Waals surface area contributed by atoms with Crippen molar-refractivity contribution in [3.63, 3.8) is 0 Å². The topological polar surface area (TPSA) is 57.6 Å². The predicted octanol–water partition coefficient (Wildman–Crippen LogP) is 2.44. The average molecular weight is 305 g/mol. The van der Waals surface area contributed by atoms with Crippen LogP contribution >= 0.6 is 12.2 Å². The molecule has 0 fully saturated rings. The first kappa shape index (κ1) is 15.6. The third-order valence-electron chi connectivity index (χ3n) is 4.07. The van der Waals surface area contributed by atoms with E-state index >= 15 is 0 Å². The molecule has 1 heterocycles. The number of aryl methyl sites for hydroxylation is 1. The molecule has 1 aliphatic rings. The molecule has 1 aromatic carbocycles. The number of nitrogens with zero attached hydrogens (tertiary/aromatic N) is 1. The number of aliphatic carboxylic acids is 1. The second kappa shape index (κ2) is 6.35. The van der Waals surface area contributed by atoms with E-state index in [0.29, 0.717) is 24.4 Å². The van der Waals surface area contributed by atoms with Crippen molar-refractivity contribution in [1.82, 2.24) is 4.90 Å². The molecule has 0 bridgehead atoms. The Labute approximate surface area is 129 Å². The van der Waals surface area contributed by atoms with E-state index in [1.165, 1.54) is 6.92 Å². The van der Waals surface area contributed by atoms with Crippen LogP contribution in [0.15, 0.2) is 24.3 Å². The fourth-order valence-electron chi connectivity index (χ4n) is 2.61. The van der Waals surface area contributed by atoms with E-state index in [0.717, 1.165) is 11.1 Å². The zero-order valence-electron chi connectivity index (χ0n) is 12.2. The van der Waals surface area contributed by atoms with Crippen LogP contribution in [0.3, 0.4) is 0 Å². The Bertz CT molecular complexity index is 585. The molecule has 2 unspecified atom stereocenters. The van der Waals surface area contributed by atoms with E-state index in [2.05, 4.69) is 0 Å². The Morgan fingerprint density at radius 3 is 2.52 bits per heavy atom. The molecule has 0 spiro atoms. The van der Waals surface area contributed by atoms with Crippen LogP contribution in [-0.4, -0.2) is 32.8 Å². The number of rotatable bonds is 3. The number of hydrogen-bond donors (Lipinski definition) is 1. The molecule has 0 aromatic heterocycles. The van der Waals surface area contributed by atoms with Crippen molar-refractivity contribution < 1.29 is 14.7 Å². The van der Waals surface area contributed by atoms with Crippen molar-refractivity contribution in [2.45, 2.75) is 39.3 Å². The van der Waals surface area contributed by atoms with Gasteiger partial charge in [-0.1, -0.05) is 36.5 Å². The van der Waals surface area contributed by atoms with Gasteiger partial charge in [0, 0.05) is 6.54 Å². The summed E-state index contributed by atoms with van der Waals surface area (Å²) < 4.78 is 0. The number of Topliss-reactive ketones (excluding diaryl/α,β-unsaturated/α-hetero) is 1. The maximum atomic E-state index is 11.6. The van der Waals surface area contributed by atoms with Gasteiger partial charge in [-0.05, 0) is 37.8 Å². The molecular formula is C16H19NO3S. The van der Waals surface area contributed by atoms with Gasteiger partial charge in [-0.2, -0.15) is 0 Å². The molecule has 0 aliphatic carbocycles. The first-order valence-corrected chi connectivity index (χ1v) is 7.43. The first-order chi connectivity index (χ1) is 9.91. The van der Waals surface area contributed by atoms with Crippen LogP contribution < -0.4 is 0 Å². The van der Waals surface area contributed by atoms with Gasteiger partial charge in [-0.15, -0.1) is 0 Å². The standard InChI is InChI=1S/C16H19NO3S/c1-10(11(2)18)15(21)17-9-13-6-4-3-5-12(13)7-8-14(17)16(19)20/h3-6,10,14H,7-9H2,1-2H3,(H,19,20). The summed E-state index contributed by atoms with van der Waals surface area (Å²) >= 11 is 5.40. The maximum Gasteiger partial charge on any atom is 0.326 e. The molecule has 4 nitrogen and oxygen atoms in total. The number of hydrogen-bond acceptors (Lipinski definition) is 3. The summed E-state index contributed by atoms with van der Waals surface area (Å²) in [7, 11) is 0. The smallest absolute Gasteiger partial charge is 0.326 e. The zero-order chi connectivity index (χ0) is 15.6. The van der Waals surface area contributed by atoms with E-state index in [1.54, 1.807) is 11.8 Å². The van der Waals surface area contributed by atoms with Gasteiger partial charge >= 0.3 is 5.97 Å². The lowest BCUT2D eigenvalue weighted by Crippen LogP contribution is -2.46. The molecule has 1 N–H and O–H groups in total. The summed E-state index contributed by atoms with van der Waals surface area (Å²) in [6.07, 6.45) is 1.21. The van der Waals surface area contributed by atoms with Crippen LogP contribution in [0.25, 0.3) is 0 Å². The van der Waals surface area contributed by atoms with Crippen LogP contribution in [0.5, 0.6) is 0 Å². The van der Waals surface area contributed by atoms with Gasteiger partial charge in [0.25, 0.3) is 0 Å². The monoisotopic (exact) mass is 305 g/mol. The normalized spacial score (nSPS) is 19.3. The number of carbonyl (C=O) groups excluding carboxylic acids is 1. The van der Waals surface area contributed by atoms with Crippen LogP contribution in [0.1, 0.15) is 31.4 Å². The van der Waals surface area contributed by atoms with Gasteiger partial charge < -0.3 is 10.0 Å². The molecule has 1 aliphatic heterocycles. The third kappa shape index (κ3) is 3.29. The lowest BCUT2D eigenvalue weighted by atomic mass is 10.0. The van der Waals surface area contributed by atoms with E-state index in [1.807, 2.05) is 24.3 Å². The van der Waals surface area contributed by atoms with Crippen molar-refractivity contribution in [2.24, 2.45) is 5.92 Å². The highest BCUT2D eigenvalue weighted by Crippen LogP contribution is 2.25. The number of carbonyl (C=O) groups is 2. The molecule has 5 heteroatoms. The number of thiocarbonyl (C=S) groups is 1. The van der Waals surface area contributed by atoms with Gasteiger partial charge in [-0.25, -0.2) is 4.79 Å². The SMILES string of the molecule is CC(=O)C(C)C(=S)N1Cc2ccccc2CCC1C(=O)O. The predicted molar refractivity (Wildman–Crippen MR) is 84.2 cm³/mol. The molecule has 0 amide bonds. The Balaban J connectivity index is 2.36. The average Bonchev–Trinajstić information content (AvgIpc) is 2.64. The van der Waals surface area contributed by atoms with Gasteiger partial charge in [0.2, 0.25) is 0 Å². The van der Waals surface area contributed by atoms with Crippen molar-refractivity contribution in [2.75, 3.05) is 0 Å². The number of benzene rings is 1. The molecule has 0 radical (unpaired) electrons. The van der Waals surface area contributed by atoms with Gasteiger partial charge in [0.1, 0.15) is 11.8 Å². The molecule has 1 aromatic rings. The highest BCUT2D eigenvalue weighted by atomic mass is 32.1. The van der Waals surface area contributed by atoms with E-state index in [4.69, 9.17) is 12.2 Å². The van der Waals surface area contributed by atoms with E-state index < -0.39 is 17.9 Å². The quantitative estimate of drug-likeness (QED) is 0.869. The van der Waals surface area contributed by atoms with Crippen molar-refractivity contribution in [3.8, 4) is 0 Å². The minimum atomic E-state index is -0.888. The van der Waals surface area contributed by atoms with Crippen LogP contribution in [0.4, 0.5) is 0 Å². The zero-order valence-corrected chi connectivity index (χ0v) is 13.0. The molecule has 21 heavy (non-hydrogen) atoms.